The predicted octanol–water partition coefficient (Wildman–Crippen LogP) is 5.36. The van der Waals surface area contributed by atoms with E-state index in [0.717, 1.165) is 6.42 Å². The van der Waals surface area contributed by atoms with E-state index in [2.05, 4.69) is 57.9 Å². The van der Waals surface area contributed by atoms with Gasteiger partial charge in [-0.05, 0) is 32.1 Å². The maximum Gasteiger partial charge on any atom is 0.0683 e. The first kappa shape index (κ1) is 15.4. The molecular weight excluding hydrogens is 208 g/mol. The smallest absolute Gasteiger partial charge is 0.0683 e. The van der Waals surface area contributed by atoms with Gasteiger partial charge >= 0.3 is 0 Å². The van der Waals surface area contributed by atoms with E-state index in [0.29, 0.717) is 5.92 Å². The molecule has 0 N–H and O–H groups in total. The molecule has 0 rings (SSSR count). The monoisotopic (exact) mass is 236 g/mol. The number of rotatable bonds is 7. The highest BCUT2D eigenvalue weighted by molar-refractivity contribution is 6.80. The second-order valence-electron chi connectivity index (χ2n) is 5.81. The van der Waals surface area contributed by atoms with Crippen molar-refractivity contribution in [2.45, 2.75) is 52.8 Å². The highest BCUT2D eigenvalue weighted by Gasteiger charge is 2.05. The van der Waals surface area contributed by atoms with Crippen molar-refractivity contribution in [2.75, 3.05) is 0 Å². The molecule has 92 valence electrons. The van der Waals surface area contributed by atoms with Crippen LogP contribution in [-0.2, 0) is 0 Å². The zero-order valence-corrected chi connectivity index (χ0v) is 12.7. The lowest BCUT2D eigenvalue weighted by Crippen LogP contribution is -2.15. The van der Waals surface area contributed by atoms with Gasteiger partial charge in [-0.1, -0.05) is 56.1 Å². The Morgan fingerprint density at radius 3 is 2.44 bits per heavy atom. The minimum Gasteiger partial charge on any atom is -0.103 e. The molecule has 0 amide bonds. The van der Waals surface area contributed by atoms with E-state index in [4.69, 9.17) is 0 Å². The van der Waals surface area contributed by atoms with Gasteiger partial charge in [0.2, 0.25) is 0 Å². The van der Waals surface area contributed by atoms with Crippen molar-refractivity contribution in [1.29, 1.82) is 0 Å². The Bertz CT molecular complexity index is 253. The van der Waals surface area contributed by atoms with E-state index in [-0.39, 0.29) is 0 Å². The van der Waals surface area contributed by atoms with Gasteiger partial charge in [0.1, 0.15) is 0 Å². The minimum atomic E-state index is -1.00. The maximum atomic E-state index is 3.81. The fourth-order valence-electron chi connectivity index (χ4n) is 1.39. The molecule has 0 spiro atoms. The lowest BCUT2D eigenvalue weighted by Gasteiger charge is -2.08. The summed E-state index contributed by atoms with van der Waals surface area (Å²) in [6.45, 7) is 15.4. The lowest BCUT2D eigenvalue weighted by molar-refractivity contribution is 0.657. The van der Waals surface area contributed by atoms with Gasteiger partial charge in [-0.3, -0.25) is 0 Å². The Morgan fingerprint density at radius 2 is 1.94 bits per heavy atom. The Balaban J connectivity index is 3.88. The first-order valence-corrected chi connectivity index (χ1v) is 9.89. The van der Waals surface area contributed by atoms with E-state index < -0.39 is 8.07 Å². The van der Waals surface area contributed by atoms with Gasteiger partial charge in [0.15, 0.2) is 0 Å². The van der Waals surface area contributed by atoms with Crippen molar-refractivity contribution in [3.05, 3.63) is 36.1 Å². The molecule has 0 aliphatic rings. The molecule has 0 saturated heterocycles. The summed E-state index contributed by atoms with van der Waals surface area (Å²) in [6.07, 6.45) is 10.3. The Kier molecular flexibility index (Phi) is 7.40. The van der Waals surface area contributed by atoms with Crippen molar-refractivity contribution in [1.82, 2.24) is 0 Å². The third kappa shape index (κ3) is 9.97. The zero-order valence-electron chi connectivity index (χ0n) is 11.7. The van der Waals surface area contributed by atoms with Gasteiger partial charge in [-0.2, -0.15) is 0 Å². The molecule has 16 heavy (non-hydrogen) atoms. The van der Waals surface area contributed by atoms with Gasteiger partial charge in [-0.15, -0.1) is 6.58 Å². The van der Waals surface area contributed by atoms with E-state index in [1.807, 2.05) is 6.08 Å². The molecule has 0 heterocycles. The SMILES string of the molecule is C=CC(C)CC/C=C(\C)C/C=C\[Si](C)(C)C. The van der Waals surface area contributed by atoms with Crippen LogP contribution in [0.25, 0.3) is 0 Å². The van der Waals surface area contributed by atoms with Gasteiger partial charge < -0.3 is 0 Å². The number of hydrogen-bond donors (Lipinski definition) is 0. The quantitative estimate of drug-likeness (QED) is 0.412. The summed E-state index contributed by atoms with van der Waals surface area (Å²) >= 11 is 0. The zero-order chi connectivity index (χ0) is 12.6. The molecule has 0 radical (unpaired) electrons. The van der Waals surface area contributed by atoms with E-state index >= 15 is 0 Å². The van der Waals surface area contributed by atoms with Crippen LogP contribution in [0, 0.1) is 5.92 Å². The molecule has 0 nitrogen and oxygen atoms in total. The van der Waals surface area contributed by atoms with Crippen LogP contribution in [0.2, 0.25) is 19.6 Å². The van der Waals surface area contributed by atoms with Gasteiger partial charge in [-0.25, -0.2) is 0 Å². The molecule has 0 aliphatic heterocycles. The van der Waals surface area contributed by atoms with Gasteiger partial charge in [0.05, 0.1) is 8.07 Å². The van der Waals surface area contributed by atoms with E-state index in [1.165, 1.54) is 18.4 Å². The van der Waals surface area contributed by atoms with Crippen molar-refractivity contribution in [2.24, 2.45) is 5.92 Å². The third-order valence-corrected chi connectivity index (χ3v) is 3.81. The average Bonchev–Trinajstić information content (AvgIpc) is 2.15. The molecule has 0 aromatic heterocycles. The molecule has 1 heteroatoms. The first-order chi connectivity index (χ1) is 7.35. The summed E-state index contributed by atoms with van der Waals surface area (Å²) in [4.78, 5) is 0. The lowest BCUT2D eigenvalue weighted by atomic mass is 10.0. The topological polar surface area (TPSA) is 0 Å². The van der Waals surface area contributed by atoms with Crippen LogP contribution >= 0.6 is 0 Å². The van der Waals surface area contributed by atoms with Crippen molar-refractivity contribution in [3.8, 4) is 0 Å². The van der Waals surface area contributed by atoms with Crippen LogP contribution in [0.15, 0.2) is 36.1 Å². The Morgan fingerprint density at radius 1 is 1.31 bits per heavy atom. The normalized spacial score (nSPS) is 15.4. The Labute approximate surface area is 103 Å². The highest BCUT2D eigenvalue weighted by atomic mass is 28.3. The van der Waals surface area contributed by atoms with E-state index in [1.54, 1.807) is 0 Å². The fourth-order valence-corrected chi connectivity index (χ4v) is 2.22. The average molecular weight is 236 g/mol. The third-order valence-electron chi connectivity index (χ3n) is 2.57. The summed E-state index contributed by atoms with van der Waals surface area (Å²) in [5, 5.41) is 0. The van der Waals surface area contributed by atoms with Crippen LogP contribution in [0.5, 0.6) is 0 Å². The summed E-state index contributed by atoms with van der Waals surface area (Å²) in [5.41, 5.74) is 3.92. The van der Waals surface area contributed by atoms with Gasteiger partial charge in [0.25, 0.3) is 0 Å². The maximum absolute atomic E-state index is 3.81. The minimum absolute atomic E-state index is 0.640. The molecule has 0 aromatic rings. The van der Waals surface area contributed by atoms with Crippen LogP contribution in [0.1, 0.15) is 33.1 Å². The summed E-state index contributed by atoms with van der Waals surface area (Å²) in [6, 6.07) is 0. The van der Waals surface area contributed by atoms with Crippen molar-refractivity contribution in [3.63, 3.8) is 0 Å². The summed E-state index contributed by atoms with van der Waals surface area (Å²) in [5.74, 6) is 0.640. The van der Waals surface area contributed by atoms with Gasteiger partial charge in [0, 0.05) is 0 Å². The van der Waals surface area contributed by atoms with Crippen molar-refractivity contribution < 1.29 is 0 Å². The van der Waals surface area contributed by atoms with Crippen LogP contribution in [0.3, 0.4) is 0 Å². The summed E-state index contributed by atoms with van der Waals surface area (Å²) < 4.78 is 0. The first-order valence-electron chi connectivity index (χ1n) is 6.31. The number of allylic oxidation sites excluding steroid dienone is 4. The predicted molar refractivity (Wildman–Crippen MR) is 79.5 cm³/mol. The largest absolute Gasteiger partial charge is 0.103 e. The second kappa shape index (κ2) is 7.67. The van der Waals surface area contributed by atoms with Crippen LogP contribution in [-0.4, -0.2) is 8.07 Å². The molecule has 0 aromatic carbocycles. The molecular formula is C15H28Si. The highest BCUT2D eigenvalue weighted by Crippen LogP contribution is 2.11. The second-order valence-corrected chi connectivity index (χ2v) is 10.9. The molecule has 0 aliphatic carbocycles. The molecule has 1 atom stereocenters. The fraction of sp³-hybridized carbons (Fsp3) is 0.600. The molecule has 1 unspecified atom stereocenters. The molecule has 0 saturated carbocycles. The van der Waals surface area contributed by atoms with E-state index in [9.17, 15) is 0 Å². The molecule has 0 bridgehead atoms. The summed E-state index contributed by atoms with van der Waals surface area (Å²) in [7, 11) is -1.00. The van der Waals surface area contributed by atoms with Crippen molar-refractivity contribution >= 4 is 8.07 Å². The number of hydrogen-bond acceptors (Lipinski definition) is 0. The van der Waals surface area contributed by atoms with Crippen LogP contribution in [0.4, 0.5) is 0 Å². The molecule has 0 fully saturated rings. The van der Waals surface area contributed by atoms with Crippen LogP contribution < -0.4 is 0 Å². The Hall–Kier alpha value is -0.563. The standard InChI is InChI=1S/C15H28Si/c1-7-14(2)10-8-11-15(3)12-9-13-16(4,5)6/h7,9,11,13-14H,1,8,10,12H2,2-6H3/b13-9-,15-11+.